The van der Waals surface area contributed by atoms with Gasteiger partial charge in [-0.05, 0) is 19.4 Å². The van der Waals surface area contributed by atoms with E-state index < -0.39 is 0 Å². The molecule has 1 aliphatic heterocycles. The first-order chi connectivity index (χ1) is 5.71. The zero-order valence-corrected chi connectivity index (χ0v) is 7.33. The van der Waals surface area contributed by atoms with Crippen molar-refractivity contribution in [2.75, 3.05) is 6.61 Å². The highest BCUT2D eigenvalue weighted by atomic mass is 17.2. The van der Waals surface area contributed by atoms with Gasteiger partial charge in [-0.1, -0.05) is 29.8 Å². The summed E-state index contributed by atoms with van der Waals surface area (Å²) in [6.07, 6.45) is 0. The standard InChI is InChI=1S/C10H12O2/c1-8-3-5-9(6-4-8)10(2)7-11-12-10/h3-6H,7H2,1-2H3. The monoisotopic (exact) mass is 164 g/mol. The highest BCUT2D eigenvalue weighted by molar-refractivity contribution is 5.26. The molecule has 1 heterocycles. The fraction of sp³-hybridized carbons (Fsp3) is 0.400. The van der Waals surface area contributed by atoms with Gasteiger partial charge in [0, 0.05) is 0 Å². The van der Waals surface area contributed by atoms with Gasteiger partial charge >= 0.3 is 0 Å². The minimum atomic E-state index is -0.215. The SMILES string of the molecule is Cc1ccc(C2(C)COO2)cc1. The zero-order chi connectivity index (χ0) is 8.60. The zero-order valence-electron chi connectivity index (χ0n) is 7.33. The lowest BCUT2D eigenvalue weighted by Gasteiger charge is -2.36. The normalized spacial score (nSPS) is 28.2. The molecule has 1 aromatic rings. The van der Waals surface area contributed by atoms with E-state index in [9.17, 15) is 0 Å². The Hall–Kier alpha value is -0.860. The van der Waals surface area contributed by atoms with Gasteiger partial charge in [-0.25, -0.2) is 9.78 Å². The summed E-state index contributed by atoms with van der Waals surface area (Å²) >= 11 is 0. The molecule has 2 nitrogen and oxygen atoms in total. The maximum Gasteiger partial charge on any atom is 0.152 e. The summed E-state index contributed by atoms with van der Waals surface area (Å²) in [6.45, 7) is 4.75. The molecule has 0 aliphatic carbocycles. The number of hydrogen-bond acceptors (Lipinski definition) is 2. The van der Waals surface area contributed by atoms with E-state index in [-0.39, 0.29) is 5.60 Å². The van der Waals surface area contributed by atoms with Gasteiger partial charge in [0.15, 0.2) is 5.60 Å². The third-order valence-corrected chi connectivity index (χ3v) is 2.24. The van der Waals surface area contributed by atoms with Crippen LogP contribution in [-0.4, -0.2) is 6.61 Å². The molecule has 1 saturated heterocycles. The predicted molar refractivity (Wildman–Crippen MR) is 45.6 cm³/mol. The van der Waals surface area contributed by atoms with E-state index in [0.717, 1.165) is 0 Å². The summed E-state index contributed by atoms with van der Waals surface area (Å²) in [5, 5.41) is 0. The highest BCUT2D eigenvalue weighted by Gasteiger charge is 2.37. The number of benzene rings is 1. The molecule has 0 spiro atoms. The smallest absolute Gasteiger partial charge is 0.152 e. The quantitative estimate of drug-likeness (QED) is 0.592. The molecule has 64 valence electrons. The van der Waals surface area contributed by atoms with Gasteiger partial charge in [-0.3, -0.25) is 0 Å². The first-order valence-electron chi connectivity index (χ1n) is 4.08. The molecule has 2 heteroatoms. The fourth-order valence-electron chi connectivity index (χ4n) is 1.27. The number of aryl methyl sites for hydroxylation is 1. The lowest BCUT2D eigenvalue weighted by molar-refractivity contribution is -0.473. The Morgan fingerprint density at radius 1 is 1.25 bits per heavy atom. The summed E-state index contributed by atoms with van der Waals surface area (Å²) in [5.41, 5.74) is 2.23. The molecule has 1 aromatic carbocycles. The maximum atomic E-state index is 5.04. The van der Waals surface area contributed by atoms with Gasteiger partial charge in [0.05, 0.1) is 0 Å². The van der Waals surface area contributed by atoms with Crippen LogP contribution < -0.4 is 0 Å². The van der Waals surface area contributed by atoms with Crippen molar-refractivity contribution in [3.8, 4) is 0 Å². The summed E-state index contributed by atoms with van der Waals surface area (Å²) in [5.74, 6) is 0. The van der Waals surface area contributed by atoms with Crippen molar-refractivity contribution in [1.82, 2.24) is 0 Å². The van der Waals surface area contributed by atoms with Crippen LogP contribution in [0.3, 0.4) is 0 Å². The molecule has 12 heavy (non-hydrogen) atoms. The van der Waals surface area contributed by atoms with E-state index in [1.54, 1.807) is 0 Å². The maximum absolute atomic E-state index is 5.04. The van der Waals surface area contributed by atoms with Crippen molar-refractivity contribution >= 4 is 0 Å². The summed E-state index contributed by atoms with van der Waals surface area (Å²) < 4.78 is 0. The van der Waals surface area contributed by atoms with Gasteiger partial charge in [0.25, 0.3) is 0 Å². The second-order valence-corrected chi connectivity index (χ2v) is 3.44. The van der Waals surface area contributed by atoms with Gasteiger partial charge < -0.3 is 0 Å². The molecular formula is C10H12O2. The van der Waals surface area contributed by atoms with Crippen LogP contribution in [0.1, 0.15) is 18.1 Å². The molecule has 1 unspecified atom stereocenters. The van der Waals surface area contributed by atoms with Crippen LogP contribution in [0.2, 0.25) is 0 Å². The van der Waals surface area contributed by atoms with E-state index in [0.29, 0.717) is 6.61 Å². The van der Waals surface area contributed by atoms with Gasteiger partial charge in [-0.15, -0.1) is 0 Å². The Kier molecular flexibility index (Phi) is 1.67. The van der Waals surface area contributed by atoms with Crippen molar-refractivity contribution in [3.05, 3.63) is 35.4 Å². The van der Waals surface area contributed by atoms with Crippen LogP contribution in [-0.2, 0) is 15.4 Å². The number of hydrogen-bond donors (Lipinski definition) is 0. The van der Waals surface area contributed by atoms with Gasteiger partial charge in [0.2, 0.25) is 0 Å². The highest BCUT2D eigenvalue weighted by Crippen LogP contribution is 2.33. The molecule has 0 radical (unpaired) electrons. The molecule has 0 N–H and O–H groups in total. The van der Waals surface area contributed by atoms with Gasteiger partial charge in [-0.2, -0.15) is 0 Å². The molecule has 2 rings (SSSR count). The molecule has 1 aliphatic rings. The Morgan fingerprint density at radius 3 is 2.25 bits per heavy atom. The first-order valence-corrected chi connectivity index (χ1v) is 4.08. The van der Waals surface area contributed by atoms with Crippen molar-refractivity contribution < 1.29 is 9.78 Å². The Morgan fingerprint density at radius 2 is 1.83 bits per heavy atom. The topological polar surface area (TPSA) is 18.5 Å². The summed E-state index contributed by atoms with van der Waals surface area (Å²) in [4.78, 5) is 9.77. The summed E-state index contributed by atoms with van der Waals surface area (Å²) in [7, 11) is 0. The van der Waals surface area contributed by atoms with Crippen LogP contribution in [0, 0.1) is 6.92 Å². The van der Waals surface area contributed by atoms with E-state index in [1.807, 2.05) is 6.92 Å². The molecular weight excluding hydrogens is 152 g/mol. The average molecular weight is 164 g/mol. The van der Waals surface area contributed by atoms with Gasteiger partial charge in [0.1, 0.15) is 6.61 Å². The van der Waals surface area contributed by atoms with Crippen LogP contribution in [0.25, 0.3) is 0 Å². The van der Waals surface area contributed by atoms with Crippen LogP contribution in [0.4, 0.5) is 0 Å². The number of rotatable bonds is 1. The molecule has 0 aromatic heterocycles. The third-order valence-electron chi connectivity index (χ3n) is 2.24. The minimum Gasteiger partial charge on any atom is -0.232 e. The summed E-state index contributed by atoms with van der Waals surface area (Å²) in [6, 6.07) is 8.33. The molecule has 0 bridgehead atoms. The van der Waals surface area contributed by atoms with Crippen LogP contribution >= 0.6 is 0 Å². The fourth-order valence-corrected chi connectivity index (χ4v) is 1.27. The largest absolute Gasteiger partial charge is 0.232 e. The first kappa shape index (κ1) is 7.77. The Bertz CT molecular complexity index is 272. The average Bonchev–Trinajstić information content (AvgIpc) is 2.02. The predicted octanol–water partition coefficient (Wildman–Crippen LogP) is 2.17. The van der Waals surface area contributed by atoms with E-state index in [2.05, 4.69) is 31.2 Å². The minimum absolute atomic E-state index is 0.215. The molecule has 1 fully saturated rings. The van der Waals surface area contributed by atoms with E-state index in [1.165, 1.54) is 11.1 Å². The Labute approximate surface area is 72.0 Å². The van der Waals surface area contributed by atoms with Crippen molar-refractivity contribution in [2.45, 2.75) is 19.4 Å². The molecule has 0 saturated carbocycles. The van der Waals surface area contributed by atoms with Crippen molar-refractivity contribution in [1.29, 1.82) is 0 Å². The second-order valence-electron chi connectivity index (χ2n) is 3.44. The lowest BCUT2D eigenvalue weighted by Crippen LogP contribution is -2.41. The van der Waals surface area contributed by atoms with Crippen molar-refractivity contribution in [3.63, 3.8) is 0 Å². The van der Waals surface area contributed by atoms with Crippen LogP contribution in [0.5, 0.6) is 0 Å². The van der Waals surface area contributed by atoms with E-state index >= 15 is 0 Å². The van der Waals surface area contributed by atoms with E-state index in [4.69, 9.17) is 9.78 Å². The van der Waals surface area contributed by atoms with Crippen molar-refractivity contribution in [2.24, 2.45) is 0 Å². The molecule has 0 amide bonds. The third kappa shape index (κ3) is 1.13. The Balaban J connectivity index is 2.28. The second kappa shape index (κ2) is 2.57. The van der Waals surface area contributed by atoms with Crippen LogP contribution in [0.15, 0.2) is 24.3 Å². The molecule has 1 atom stereocenters. The lowest BCUT2D eigenvalue weighted by atomic mass is 9.95.